The number of hydrogen-bond acceptors (Lipinski definition) is 3. The normalized spacial score (nSPS) is 43.1. The standard InChI is InChI=1S/C14H22O.C13H20O2/c1-8(2)12-6-11-7-13(10(4)15)14(12)5-9(11)3;1-2-15-12(14)13-7-3-4-11(13)9-5-6-10(13)8-9/h5,8,11-14H,6-7H2,1-4H3;9-11H,2-8H2,1H3. The predicted molar refractivity (Wildman–Crippen MR) is 120 cm³/mol. The maximum atomic E-state index is 12.2. The summed E-state index contributed by atoms with van der Waals surface area (Å²) in [5, 5.41) is 0. The lowest BCUT2D eigenvalue weighted by Gasteiger charge is -2.47. The third-order valence-corrected chi connectivity index (χ3v) is 9.73. The Morgan fingerprint density at radius 2 is 1.93 bits per heavy atom. The van der Waals surface area contributed by atoms with Crippen LogP contribution in [0.1, 0.15) is 86.0 Å². The van der Waals surface area contributed by atoms with Crippen molar-refractivity contribution in [3.63, 3.8) is 0 Å². The summed E-state index contributed by atoms with van der Waals surface area (Å²) in [5.74, 6) is 5.72. The molecule has 6 aliphatic rings. The van der Waals surface area contributed by atoms with Gasteiger partial charge in [-0.2, -0.15) is 0 Å². The van der Waals surface area contributed by atoms with Crippen molar-refractivity contribution < 1.29 is 14.3 Å². The maximum Gasteiger partial charge on any atom is 0.312 e. The average Bonchev–Trinajstić information content (AvgIpc) is 3.42. The SMILES string of the molecule is CC(=O)C1CC2CC(C(C)C)C1C=C2C.CCOC(=O)C12CCCC1C1CCC2C1. The van der Waals surface area contributed by atoms with Crippen LogP contribution in [-0.4, -0.2) is 18.4 Å². The number of ketones is 1. The summed E-state index contributed by atoms with van der Waals surface area (Å²) in [6.45, 7) is 11.1. The summed E-state index contributed by atoms with van der Waals surface area (Å²) in [7, 11) is 0. The van der Waals surface area contributed by atoms with Crippen LogP contribution in [0, 0.1) is 52.8 Å². The van der Waals surface area contributed by atoms with Gasteiger partial charge in [0.05, 0.1) is 12.0 Å². The Morgan fingerprint density at radius 3 is 2.57 bits per heavy atom. The van der Waals surface area contributed by atoms with Crippen LogP contribution < -0.4 is 0 Å². The lowest BCUT2D eigenvalue weighted by molar-refractivity contribution is -0.161. The van der Waals surface area contributed by atoms with Gasteiger partial charge in [-0.3, -0.25) is 9.59 Å². The van der Waals surface area contributed by atoms with E-state index in [-0.39, 0.29) is 11.4 Å². The van der Waals surface area contributed by atoms with Gasteiger partial charge in [-0.25, -0.2) is 0 Å². The van der Waals surface area contributed by atoms with Crippen LogP contribution in [0.25, 0.3) is 0 Å². The third kappa shape index (κ3) is 3.48. The quantitative estimate of drug-likeness (QED) is 0.405. The molecule has 0 spiro atoms. The summed E-state index contributed by atoms with van der Waals surface area (Å²) >= 11 is 0. The van der Waals surface area contributed by atoms with E-state index >= 15 is 0 Å². The Bertz CT molecular complexity index is 707. The van der Waals surface area contributed by atoms with Gasteiger partial charge in [0.1, 0.15) is 5.78 Å². The van der Waals surface area contributed by atoms with Crippen LogP contribution in [0.15, 0.2) is 11.6 Å². The van der Waals surface area contributed by atoms with Gasteiger partial charge in [0.15, 0.2) is 0 Å². The zero-order valence-electron chi connectivity index (χ0n) is 19.8. The lowest BCUT2D eigenvalue weighted by atomic mass is 9.57. The second-order valence-corrected chi connectivity index (χ2v) is 11.3. The highest BCUT2D eigenvalue weighted by Gasteiger charge is 2.64. The molecule has 4 saturated carbocycles. The van der Waals surface area contributed by atoms with Crippen molar-refractivity contribution >= 4 is 11.8 Å². The summed E-state index contributed by atoms with van der Waals surface area (Å²) in [5.41, 5.74) is 1.51. The van der Waals surface area contributed by atoms with E-state index in [1.165, 1.54) is 44.1 Å². The molecule has 0 radical (unpaired) electrons. The van der Waals surface area contributed by atoms with E-state index in [1.807, 2.05) is 6.92 Å². The number of rotatable bonds is 4. The molecule has 3 heteroatoms. The Labute approximate surface area is 183 Å². The van der Waals surface area contributed by atoms with Crippen LogP contribution in [-0.2, 0) is 14.3 Å². The average molecular weight is 415 g/mol. The summed E-state index contributed by atoms with van der Waals surface area (Å²) in [4.78, 5) is 23.9. The minimum Gasteiger partial charge on any atom is -0.466 e. The number of carbonyl (C=O) groups is 2. The van der Waals surface area contributed by atoms with Gasteiger partial charge in [0.2, 0.25) is 0 Å². The molecule has 8 unspecified atom stereocenters. The minimum atomic E-state index is -0.0288. The largest absolute Gasteiger partial charge is 0.466 e. The molecule has 6 rings (SSSR count). The van der Waals surface area contributed by atoms with Crippen molar-refractivity contribution in [2.24, 2.45) is 52.8 Å². The van der Waals surface area contributed by atoms with E-state index in [4.69, 9.17) is 4.74 Å². The molecule has 0 saturated heterocycles. The van der Waals surface area contributed by atoms with Gasteiger partial charge in [-0.15, -0.1) is 0 Å². The van der Waals surface area contributed by atoms with Gasteiger partial charge < -0.3 is 4.74 Å². The summed E-state index contributed by atoms with van der Waals surface area (Å²) in [6, 6.07) is 0. The van der Waals surface area contributed by atoms with Crippen LogP contribution in [0.3, 0.4) is 0 Å². The molecule has 0 aromatic carbocycles. The highest BCUT2D eigenvalue weighted by molar-refractivity contribution is 5.79. The van der Waals surface area contributed by atoms with E-state index in [0.29, 0.717) is 47.9 Å². The molecule has 0 aliphatic heterocycles. The van der Waals surface area contributed by atoms with Crippen molar-refractivity contribution in [1.29, 1.82) is 0 Å². The monoisotopic (exact) mass is 414 g/mol. The number of ether oxygens (including phenoxy) is 1. The Kier molecular flexibility index (Phi) is 6.21. The highest BCUT2D eigenvalue weighted by Crippen LogP contribution is 2.66. The molecular weight excluding hydrogens is 372 g/mol. The van der Waals surface area contributed by atoms with Crippen molar-refractivity contribution in [2.45, 2.75) is 86.0 Å². The van der Waals surface area contributed by atoms with Crippen molar-refractivity contribution in [1.82, 2.24) is 0 Å². The first-order chi connectivity index (χ1) is 14.3. The van der Waals surface area contributed by atoms with Crippen LogP contribution in [0.2, 0.25) is 0 Å². The summed E-state index contributed by atoms with van der Waals surface area (Å²) in [6.07, 6.45) is 12.4. The number of hydrogen-bond donors (Lipinski definition) is 0. The van der Waals surface area contributed by atoms with Crippen molar-refractivity contribution in [3.05, 3.63) is 11.6 Å². The molecule has 0 amide bonds. The number of esters is 1. The third-order valence-electron chi connectivity index (χ3n) is 9.73. The molecule has 0 aromatic heterocycles. The molecule has 168 valence electrons. The van der Waals surface area contributed by atoms with Crippen LogP contribution in [0.5, 0.6) is 0 Å². The molecule has 0 N–H and O–H groups in total. The second-order valence-electron chi connectivity index (χ2n) is 11.3. The highest BCUT2D eigenvalue weighted by atomic mass is 16.5. The first kappa shape index (κ1) is 22.1. The fourth-order valence-electron chi connectivity index (χ4n) is 8.30. The molecule has 4 bridgehead atoms. The van der Waals surface area contributed by atoms with E-state index < -0.39 is 0 Å². The molecular formula is C27H42O3. The number of allylic oxidation sites excluding steroid dienone is 2. The van der Waals surface area contributed by atoms with E-state index in [9.17, 15) is 9.59 Å². The number of carbonyl (C=O) groups excluding carboxylic acids is 2. The van der Waals surface area contributed by atoms with Gasteiger partial charge in [-0.05, 0) is 107 Å². The molecule has 8 atom stereocenters. The van der Waals surface area contributed by atoms with Gasteiger partial charge in [0, 0.05) is 5.92 Å². The smallest absolute Gasteiger partial charge is 0.312 e. The number of Topliss-reactive ketones (excluding diaryl/α,β-unsaturated/α-hetero) is 1. The topological polar surface area (TPSA) is 43.4 Å². The summed E-state index contributed by atoms with van der Waals surface area (Å²) < 4.78 is 5.34. The van der Waals surface area contributed by atoms with Gasteiger partial charge >= 0.3 is 5.97 Å². The maximum absolute atomic E-state index is 12.2. The molecule has 6 aliphatic carbocycles. The predicted octanol–water partition coefficient (Wildman–Crippen LogP) is 6.22. The van der Waals surface area contributed by atoms with Gasteiger partial charge in [0.25, 0.3) is 0 Å². The number of fused-ring (bicyclic) bond motifs is 7. The molecule has 3 nitrogen and oxygen atoms in total. The Morgan fingerprint density at radius 1 is 1.17 bits per heavy atom. The Balaban J connectivity index is 0.000000145. The zero-order chi connectivity index (χ0) is 21.6. The zero-order valence-corrected chi connectivity index (χ0v) is 19.8. The van der Waals surface area contributed by atoms with E-state index in [1.54, 1.807) is 6.92 Å². The molecule has 0 aromatic rings. The van der Waals surface area contributed by atoms with Crippen LogP contribution >= 0.6 is 0 Å². The first-order valence-electron chi connectivity index (χ1n) is 12.7. The van der Waals surface area contributed by atoms with Crippen molar-refractivity contribution in [2.75, 3.05) is 6.61 Å². The minimum absolute atomic E-state index is 0.0288. The molecule has 4 fully saturated rings. The fraction of sp³-hybridized carbons (Fsp3) is 0.852. The second kappa shape index (κ2) is 8.43. The Hall–Kier alpha value is -1.12. The first-order valence-corrected chi connectivity index (χ1v) is 12.7. The lowest BCUT2D eigenvalue weighted by Crippen LogP contribution is -2.41. The van der Waals surface area contributed by atoms with Gasteiger partial charge in [-0.1, -0.05) is 31.9 Å². The fourth-order valence-corrected chi connectivity index (χ4v) is 8.30. The molecule has 30 heavy (non-hydrogen) atoms. The van der Waals surface area contributed by atoms with Crippen molar-refractivity contribution in [3.8, 4) is 0 Å². The van der Waals surface area contributed by atoms with E-state index in [2.05, 4.69) is 26.8 Å². The van der Waals surface area contributed by atoms with Crippen LogP contribution in [0.4, 0.5) is 0 Å². The molecule has 0 heterocycles. The van der Waals surface area contributed by atoms with E-state index in [0.717, 1.165) is 24.7 Å².